The molecule has 0 saturated heterocycles. The number of pyridine rings is 1. The van der Waals surface area contributed by atoms with Gasteiger partial charge in [-0.15, -0.1) is 0 Å². The zero-order valence-electron chi connectivity index (χ0n) is 10.6. The molecule has 0 aromatic carbocycles. The number of aromatic carboxylic acids is 1. The monoisotopic (exact) mass is 266 g/mol. The van der Waals surface area contributed by atoms with E-state index >= 15 is 0 Å². The number of nitrogens with zero attached hydrogens (tertiary/aromatic N) is 1. The number of nitrogens with one attached hydrogen (secondary N) is 1. The maximum Gasteiger partial charge on any atom is 0.354 e. The van der Waals surface area contributed by atoms with Gasteiger partial charge in [-0.2, -0.15) is 0 Å². The first-order valence-corrected chi connectivity index (χ1v) is 6.35. The molecule has 0 spiro atoms. The lowest BCUT2D eigenvalue weighted by atomic mass is 10.0. The topological polar surface area (TPSA) is 91.7 Å². The van der Waals surface area contributed by atoms with Crippen LogP contribution in [0.4, 0.5) is 0 Å². The fourth-order valence-electron chi connectivity index (χ4n) is 2.06. The molecule has 104 valence electrons. The zero-order valence-corrected chi connectivity index (χ0v) is 10.6. The van der Waals surface area contributed by atoms with Crippen LogP contribution in [0.2, 0.25) is 0 Å². The number of rotatable bonds is 6. The Balaban J connectivity index is 1.94. The second-order valence-electron chi connectivity index (χ2n) is 4.54. The molecule has 2 heterocycles. The molecule has 1 aromatic rings. The Kier molecular flexibility index (Phi) is 4.84. The SMILES string of the molecule is O=C(O)c1ccc2c(n1)CC(COCCCO)NC2. The molecule has 1 unspecified atom stereocenters. The summed E-state index contributed by atoms with van der Waals surface area (Å²) in [6, 6.07) is 3.48. The molecule has 1 aromatic heterocycles. The van der Waals surface area contributed by atoms with Gasteiger partial charge in [0, 0.05) is 37.9 Å². The zero-order chi connectivity index (χ0) is 13.7. The maximum atomic E-state index is 10.9. The minimum Gasteiger partial charge on any atom is -0.477 e. The van der Waals surface area contributed by atoms with Crippen LogP contribution in [0, 0.1) is 0 Å². The van der Waals surface area contributed by atoms with Crippen LogP contribution in [0.5, 0.6) is 0 Å². The molecule has 0 aliphatic carbocycles. The Morgan fingerprint density at radius 2 is 2.37 bits per heavy atom. The summed E-state index contributed by atoms with van der Waals surface area (Å²) in [7, 11) is 0. The summed E-state index contributed by atoms with van der Waals surface area (Å²) in [5.41, 5.74) is 1.95. The molecule has 3 N–H and O–H groups in total. The van der Waals surface area contributed by atoms with Gasteiger partial charge in [-0.25, -0.2) is 9.78 Å². The minimum atomic E-state index is -1.00. The third-order valence-electron chi connectivity index (χ3n) is 3.07. The molecule has 1 aliphatic rings. The highest BCUT2D eigenvalue weighted by Crippen LogP contribution is 2.15. The highest BCUT2D eigenvalue weighted by Gasteiger charge is 2.20. The minimum absolute atomic E-state index is 0.0839. The van der Waals surface area contributed by atoms with Crippen LogP contribution < -0.4 is 5.32 Å². The van der Waals surface area contributed by atoms with Gasteiger partial charge in [0.25, 0.3) is 0 Å². The molecule has 0 radical (unpaired) electrons. The number of hydrogen-bond acceptors (Lipinski definition) is 5. The normalized spacial score (nSPS) is 18.1. The predicted octanol–water partition coefficient (Wildman–Crippen LogP) is 0.193. The Morgan fingerprint density at radius 3 is 3.11 bits per heavy atom. The predicted molar refractivity (Wildman–Crippen MR) is 68.0 cm³/mol. The first kappa shape index (κ1) is 13.9. The fraction of sp³-hybridized carbons (Fsp3) is 0.538. The van der Waals surface area contributed by atoms with Crippen molar-refractivity contribution in [3.8, 4) is 0 Å². The third-order valence-corrected chi connectivity index (χ3v) is 3.07. The van der Waals surface area contributed by atoms with E-state index in [0.717, 1.165) is 11.3 Å². The Bertz CT molecular complexity index is 450. The Labute approximate surface area is 111 Å². The van der Waals surface area contributed by atoms with E-state index in [1.807, 2.05) is 6.07 Å². The van der Waals surface area contributed by atoms with Crippen molar-refractivity contribution >= 4 is 5.97 Å². The summed E-state index contributed by atoms with van der Waals surface area (Å²) >= 11 is 0. The van der Waals surface area contributed by atoms with Crippen molar-refractivity contribution in [1.82, 2.24) is 10.3 Å². The number of carboxylic acids is 1. The molecule has 0 bridgehead atoms. The molecule has 6 heteroatoms. The highest BCUT2D eigenvalue weighted by molar-refractivity contribution is 5.85. The highest BCUT2D eigenvalue weighted by atomic mass is 16.5. The van der Waals surface area contributed by atoms with Gasteiger partial charge < -0.3 is 20.3 Å². The van der Waals surface area contributed by atoms with Crippen molar-refractivity contribution in [2.24, 2.45) is 0 Å². The van der Waals surface area contributed by atoms with Gasteiger partial charge in [0.2, 0.25) is 0 Å². The van der Waals surface area contributed by atoms with E-state index in [1.54, 1.807) is 0 Å². The molecule has 2 rings (SSSR count). The van der Waals surface area contributed by atoms with E-state index in [1.165, 1.54) is 6.07 Å². The van der Waals surface area contributed by atoms with Gasteiger partial charge >= 0.3 is 5.97 Å². The van der Waals surface area contributed by atoms with Gasteiger partial charge in [-0.05, 0) is 18.1 Å². The van der Waals surface area contributed by atoms with Crippen molar-refractivity contribution < 1.29 is 19.7 Å². The van der Waals surface area contributed by atoms with Crippen LogP contribution in [0.15, 0.2) is 12.1 Å². The molecule has 0 fully saturated rings. The summed E-state index contributed by atoms with van der Waals surface area (Å²) < 4.78 is 5.44. The number of ether oxygens (including phenoxy) is 1. The lowest BCUT2D eigenvalue weighted by Gasteiger charge is -2.25. The van der Waals surface area contributed by atoms with Gasteiger partial charge in [-0.3, -0.25) is 0 Å². The van der Waals surface area contributed by atoms with Crippen LogP contribution in [0.25, 0.3) is 0 Å². The van der Waals surface area contributed by atoms with Crippen molar-refractivity contribution in [2.75, 3.05) is 19.8 Å². The quantitative estimate of drug-likeness (QED) is 0.637. The van der Waals surface area contributed by atoms with Gasteiger partial charge in [-0.1, -0.05) is 6.07 Å². The average Bonchev–Trinajstić information content (AvgIpc) is 2.42. The van der Waals surface area contributed by atoms with Crippen molar-refractivity contribution in [1.29, 1.82) is 0 Å². The molecule has 1 aliphatic heterocycles. The van der Waals surface area contributed by atoms with Crippen molar-refractivity contribution in [3.63, 3.8) is 0 Å². The molecule has 6 nitrogen and oxygen atoms in total. The standard InChI is InChI=1S/C13H18N2O4/c16-4-1-5-19-8-10-6-12-9(7-14-10)2-3-11(15-12)13(17)18/h2-3,10,14,16H,1,4-8H2,(H,17,18). The number of carbonyl (C=O) groups is 1. The molecule has 0 saturated carbocycles. The third kappa shape index (κ3) is 3.73. The number of aliphatic hydroxyl groups excluding tert-OH is 1. The van der Waals surface area contributed by atoms with E-state index in [9.17, 15) is 4.79 Å². The van der Waals surface area contributed by atoms with Crippen LogP contribution in [0.3, 0.4) is 0 Å². The van der Waals surface area contributed by atoms with Gasteiger partial charge in [0.15, 0.2) is 0 Å². The smallest absolute Gasteiger partial charge is 0.354 e. The summed E-state index contributed by atoms with van der Waals surface area (Å²) in [5, 5.41) is 20.9. The first-order valence-electron chi connectivity index (χ1n) is 6.35. The van der Waals surface area contributed by atoms with Crippen molar-refractivity contribution in [2.45, 2.75) is 25.4 Å². The van der Waals surface area contributed by atoms with E-state index in [4.69, 9.17) is 14.9 Å². The Morgan fingerprint density at radius 1 is 1.53 bits per heavy atom. The number of fused-ring (bicyclic) bond motifs is 1. The summed E-state index contributed by atoms with van der Waals surface area (Å²) in [6.45, 7) is 1.88. The number of aliphatic hydroxyl groups is 1. The summed E-state index contributed by atoms with van der Waals surface area (Å²) in [6.07, 6.45) is 1.29. The number of hydrogen-bond donors (Lipinski definition) is 3. The summed E-state index contributed by atoms with van der Waals surface area (Å²) in [4.78, 5) is 15.1. The number of aromatic nitrogens is 1. The molecule has 0 amide bonds. The largest absolute Gasteiger partial charge is 0.477 e. The van der Waals surface area contributed by atoms with E-state index < -0.39 is 5.97 Å². The average molecular weight is 266 g/mol. The van der Waals surface area contributed by atoms with Gasteiger partial charge in [0.1, 0.15) is 5.69 Å². The maximum absolute atomic E-state index is 10.9. The fourth-order valence-corrected chi connectivity index (χ4v) is 2.06. The van der Waals surface area contributed by atoms with Crippen LogP contribution in [0.1, 0.15) is 28.2 Å². The van der Waals surface area contributed by atoms with E-state index in [2.05, 4.69) is 10.3 Å². The van der Waals surface area contributed by atoms with Crippen molar-refractivity contribution in [3.05, 3.63) is 29.1 Å². The number of carboxylic acid groups (broad SMARTS) is 1. The van der Waals surface area contributed by atoms with E-state index in [0.29, 0.717) is 32.6 Å². The second-order valence-corrected chi connectivity index (χ2v) is 4.54. The lowest BCUT2D eigenvalue weighted by molar-refractivity contribution is 0.0689. The molecular weight excluding hydrogens is 248 g/mol. The molecule has 19 heavy (non-hydrogen) atoms. The van der Waals surface area contributed by atoms with Crippen LogP contribution in [-0.2, 0) is 17.7 Å². The van der Waals surface area contributed by atoms with Crippen LogP contribution in [-0.4, -0.2) is 47.0 Å². The second kappa shape index (κ2) is 6.60. The van der Waals surface area contributed by atoms with Gasteiger partial charge in [0.05, 0.1) is 6.61 Å². The molecular formula is C13H18N2O4. The molecule has 1 atom stereocenters. The lowest BCUT2D eigenvalue weighted by Crippen LogP contribution is -2.39. The van der Waals surface area contributed by atoms with Crippen LogP contribution >= 0.6 is 0 Å². The first-order chi connectivity index (χ1) is 9.20. The summed E-state index contributed by atoms with van der Waals surface area (Å²) in [5.74, 6) is -1.00. The van der Waals surface area contributed by atoms with E-state index in [-0.39, 0.29) is 18.3 Å². The Hall–Kier alpha value is -1.50.